The molecule has 8 nitrogen and oxygen atoms in total. The standard InChI is InChI=1S/C18H25N3O5/c22-11-15(10-19-16(24)12-23)20-17(25)13-5-4-6-14(9-13)18(26)21-7-2-1-3-8-21/h4-6,9,15,22-23H,1-3,7-8,10-12H2,(H,19,24)(H,20,25). The number of nitrogens with one attached hydrogen (secondary N) is 2. The summed E-state index contributed by atoms with van der Waals surface area (Å²) >= 11 is 0. The Kier molecular flexibility index (Phi) is 7.55. The summed E-state index contributed by atoms with van der Waals surface area (Å²) < 4.78 is 0. The summed E-state index contributed by atoms with van der Waals surface area (Å²) in [5.74, 6) is -1.13. The fourth-order valence-corrected chi connectivity index (χ4v) is 2.80. The van der Waals surface area contributed by atoms with Crippen LogP contribution in [0, 0.1) is 0 Å². The molecule has 0 radical (unpaired) electrons. The van der Waals surface area contributed by atoms with Crippen LogP contribution >= 0.6 is 0 Å². The van der Waals surface area contributed by atoms with Crippen molar-refractivity contribution >= 4 is 17.7 Å². The second-order valence-electron chi connectivity index (χ2n) is 6.25. The highest BCUT2D eigenvalue weighted by molar-refractivity contribution is 5.99. The summed E-state index contributed by atoms with van der Waals surface area (Å²) in [5, 5.41) is 23.0. The van der Waals surface area contributed by atoms with Gasteiger partial charge in [0.1, 0.15) is 6.61 Å². The van der Waals surface area contributed by atoms with Gasteiger partial charge in [0.2, 0.25) is 5.91 Å². The van der Waals surface area contributed by atoms with E-state index in [1.807, 2.05) is 0 Å². The Morgan fingerprint density at radius 3 is 2.42 bits per heavy atom. The maximum absolute atomic E-state index is 12.5. The molecule has 1 aliphatic heterocycles. The number of piperidine rings is 1. The molecule has 0 aromatic heterocycles. The van der Waals surface area contributed by atoms with Crippen molar-refractivity contribution in [3.8, 4) is 0 Å². The molecule has 1 heterocycles. The average molecular weight is 363 g/mol. The molecule has 142 valence electrons. The molecule has 1 atom stereocenters. The summed E-state index contributed by atoms with van der Waals surface area (Å²) in [6.07, 6.45) is 3.11. The molecule has 2 rings (SSSR count). The predicted octanol–water partition coefficient (Wildman–Crippen LogP) is -0.488. The van der Waals surface area contributed by atoms with Crippen molar-refractivity contribution in [3.05, 3.63) is 35.4 Å². The number of carbonyl (C=O) groups is 3. The first-order valence-corrected chi connectivity index (χ1v) is 8.73. The lowest BCUT2D eigenvalue weighted by Crippen LogP contribution is -2.46. The summed E-state index contributed by atoms with van der Waals surface area (Å²) in [6, 6.07) is 5.75. The van der Waals surface area contributed by atoms with Gasteiger partial charge in [0, 0.05) is 30.8 Å². The molecule has 8 heteroatoms. The van der Waals surface area contributed by atoms with Crippen LogP contribution in [-0.4, -0.2) is 71.7 Å². The molecule has 0 bridgehead atoms. The summed E-state index contributed by atoms with van der Waals surface area (Å²) in [5.41, 5.74) is 0.758. The third-order valence-electron chi connectivity index (χ3n) is 4.26. The van der Waals surface area contributed by atoms with Crippen LogP contribution in [0.2, 0.25) is 0 Å². The summed E-state index contributed by atoms with van der Waals surface area (Å²) in [4.78, 5) is 37.8. The zero-order chi connectivity index (χ0) is 18.9. The number of rotatable bonds is 7. The van der Waals surface area contributed by atoms with Gasteiger partial charge in [-0.15, -0.1) is 0 Å². The lowest BCUT2D eigenvalue weighted by atomic mass is 10.1. The Labute approximate surface area is 152 Å². The van der Waals surface area contributed by atoms with Gasteiger partial charge in [0.25, 0.3) is 11.8 Å². The van der Waals surface area contributed by atoms with Crippen LogP contribution in [0.15, 0.2) is 24.3 Å². The smallest absolute Gasteiger partial charge is 0.253 e. The van der Waals surface area contributed by atoms with Gasteiger partial charge in [0.05, 0.1) is 12.6 Å². The van der Waals surface area contributed by atoms with E-state index in [1.165, 1.54) is 6.07 Å². The first kappa shape index (κ1) is 19.9. The average Bonchev–Trinajstić information content (AvgIpc) is 2.70. The summed E-state index contributed by atoms with van der Waals surface area (Å²) in [7, 11) is 0. The maximum atomic E-state index is 12.5. The predicted molar refractivity (Wildman–Crippen MR) is 94.6 cm³/mol. The fourth-order valence-electron chi connectivity index (χ4n) is 2.80. The number of likely N-dealkylation sites (tertiary alicyclic amines) is 1. The minimum absolute atomic E-state index is 0.00592. The number of amides is 3. The number of hydrogen-bond donors (Lipinski definition) is 4. The van der Waals surface area contributed by atoms with Crippen molar-refractivity contribution in [2.45, 2.75) is 25.3 Å². The Bertz CT molecular complexity index is 643. The largest absolute Gasteiger partial charge is 0.394 e. The highest BCUT2D eigenvalue weighted by Gasteiger charge is 2.20. The van der Waals surface area contributed by atoms with Crippen molar-refractivity contribution in [2.75, 3.05) is 32.8 Å². The van der Waals surface area contributed by atoms with Gasteiger partial charge >= 0.3 is 0 Å². The van der Waals surface area contributed by atoms with E-state index in [0.717, 1.165) is 32.4 Å². The van der Waals surface area contributed by atoms with Crippen LogP contribution in [0.5, 0.6) is 0 Å². The van der Waals surface area contributed by atoms with Crippen molar-refractivity contribution in [1.29, 1.82) is 0 Å². The van der Waals surface area contributed by atoms with E-state index in [-0.39, 0.29) is 19.1 Å². The first-order valence-electron chi connectivity index (χ1n) is 8.73. The molecular formula is C18H25N3O5. The van der Waals surface area contributed by atoms with E-state index >= 15 is 0 Å². The first-order chi connectivity index (χ1) is 12.5. The van der Waals surface area contributed by atoms with Crippen molar-refractivity contribution in [2.24, 2.45) is 0 Å². The molecule has 3 amide bonds. The minimum atomic E-state index is -0.695. The van der Waals surface area contributed by atoms with Gasteiger partial charge in [0.15, 0.2) is 0 Å². The highest BCUT2D eigenvalue weighted by Crippen LogP contribution is 2.14. The van der Waals surface area contributed by atoms with Crippen molar-refractivity contribution in [1.82, 2.24) is 15.5 Å². The molecule has 0 spiro atoms. The van der Waals surface area contributed by atoms with Crippen LogP contribution in [-0.2, 0) is 4.79 Å². The van der Waals surface area contributed by atoms with Crippen LogP contribution in [0.3, 0.4) is 0 Å². The Morgan fingerprint density at radius 2 is 1.77 bits per heavy atom. The van der Waals surface area contributed by atoms with Crippen LogP contribution in [0.1, 0.15) is 40.0 Å². The third kappa shape index (κ3) is 5.53. The molecule has 4 N–H and O–H groups in total. The van der Waals surface area contributed by atoms with E-state index in [2.05, 4.69) is 10.6 Å². The maximum Gasteiger partial charge on any atom is 0.253 e. The quantitative estimate of drug-likeness (QED) is 0.521. The van der Waals surface area contributed by atoms with Gasteiger partial charge in [-0.2, -0.15) is 0 Å². The van der Waals surface area contributed by atoms with Crippen molar-refractivity contribution < 1.29 is 24.6 Å². The Hall–Kier alpha value is -2.45. The lowest BCUT2D eigenvalue weighted by molar-refractivity contribution is -0.123. The van der Waals surface area contributed by atoms with E-state index in [0.29, 0.717) is 11.1 Å². The van der Waals surface area contributed by atoms with E-state index in [9.17, 15) is 19.5 Å². The molecule has 1 saturated heterocycles. The number of hydrogen-bond acceptors (Lipinski definition) is 5. The van der Waals surface area contributed by atoms with Crippen molar-refractivity contribution in [3.63, 3.8) is 0 Å². The second kappa shape index (κ2) is 9.88. The molecular weight excluding hydrogens is 338 g/mol. The topological polar surface area (TPSA) is 119 Å². The van der Waals surface area contributed by atoms with Crippen LogP contribution in [0.25, 0.3) is 0 Å². The Balaban J connectivity index is 2.00. The molecule has 26 heavy (non-hydrogen) atoms. The van der Waals surface area contributed by atoms with Gasteiger partial charge in [-0.25, -0.2) is 0 Å². The fraction of sp³-hybridized carbons (Fsp3) is 0.500. The molecule has 1 aliphatic rings. The molecule has 0 saturated carbocycles. The third-order valence-corrected chi connectivity index (χ3v) is 4.26. The minimum Gasteiger partial charge on any atom is -0.394 e. The molecule has 1 aromatic rings. The number of aliphatic hydroxyl groups excluding tert-OH is 2. The van der Waals surface area contributed by atoms with E-state index in [1.54, 1.807) is 23.1 Å². The van der Waals surface area contributed by atoms with E-state index < -0.39 is 24.5 Å². The summed E-state index contributed by atoms with van der Waals surface area (Å²) in [6.45, 7) is 0.420. The van der Waals surface area contributed by atoms with E-state index in [4.69, 9.17) is 5.11 Å². The Morgan fingerprint density at radius 1 is 1.08 bits per heavy atom. The molecule has 1 unspecified atom stereocenters. The van der Waals surface area contributed by atoms with Crippen LogP contribution < -0.4 is 10.6 Å². The number of aliphatic hydroxyl groups is 2. The molecule has 1 aromatic carbocycles. The zero-order valence-corrected chi connectivity index (χ0v) is 14.6. The monoisotopic (exact) mass is 363 g/mol. The van der Waals surface area contributed by atoms with Crippen LogP contribution in [0.4, 0.5) is 0 Å². The number of carbonyl (C=O) groups excluding carboxylic acids is 3. The number of nitrogens with zero attached hydrogens (tertiary/aromatic N) is 1. The van der Waals surface area contributed by atoms with Gasteiger partial charge in [-0.3, -0.25) is 14.4 Å². The zero-order valence-electron chi connectivity index (χ0n) is 14.6. The van der Waals surface area contributed by atoms with Gasteiger partial charge < -0.3 is 25.7 Å². The van der Waals surface area contributed by atoms with Gasteiger partial charge in [-0.05, 0) is 37.5 Å². The molecule has 1 fully saturated rings. The SMILES string of the molecule is O=C(CO)NCC(CO)NC(=O)c1cccc(C(=O)N2CCCCC2)c1. The number of benzene rings is 1. The second-order valence-corrected chi connectivity index (χ2v) is 6.25. The lowest BCUT2D eigenvalue weighted by Gasteiger charge is -2.26. The van der Waals surface area contributed by atoms with Gasteiger partial charge in [-0.1, -0.05) is 6.07 Å². The molecule has 0 aliphatic carbocycles. The highest BCUT2D eigenvalue weighted by atomic mass is 16.3. The normalized spacial score (nSPS) is 15.2.